The monoisotopic (exact) mass is 389 g/mol. The Kier molecular flexibility index (Phi) is 5.46. The summed E-state index contributed by atoms with van der Waals surface area (Å²) in [7, 11) is 0. The van der Waals surface area contributed by atoms with E-state index in [0.717, 1.165) is 23.8 Å². The van der Waals surface area contributed by atoms with Crippen LogP contribution in [0.4, 0.5) is 15.8 Å². The van der Waals surface area contributed by atoms with Crippen LogP contribution < -0.4 is 5.32 Å². The molecule has 0 fully saturated rings. The zero-order valence-corrected chi connectivity index (χ0v) is 14.6. The predicted molar refractivity (Wildman–Crippen MR) is 97.0 cm³/mol. The number of nitro benzene ring substituents is 1. The molecule has 0 aliphatic carbocycles. The third-order valence-corrected chi connectivity index (χ3v) is 3.94. The number of nitro groups is 1. The van der Waals surface area contributed by atoms with Crippen LogP contribution in [0, 0.1) is 15.9 Å². The molecule has 9 heteroatoms. The van der Waals surface area contributed by atoms with Crippen molar-refractivity contribution in [3.63, 3.8) is 0 Å². The van der Waals surface area contributed by atoms with Gasteiger partial charge >= 0.3 is 0 Å². The Bertz CT molecular complexity index is 989. The number of aryl methyl sites for hydroxylation is 1. The quantitative estimate of drug-likeness (QED) is 0.490. The van der Waals surface area contributed by atoms with Gasteiger partial charge in [0.1, 0.15) is 5.82 Å². The number of carbonyl (C=O) groups excluding carboxylic acids is 1. The Morgan fingerprint density at radius 2 is 2.00 bits per heavy atom. The molecule has 0 saturated carbocycles. The summed E-state index contributed by atoms with van der Waals surface area (Å²) in [6.45, 7) is 0. The van der Waals surface area contributed by atoms with Crippen molar-refractivity contribution < 1.29 is 18.5 Å². The van der Waals surface area contributed by atoms with Crippen molar-refractivity contribution in [2.75, 3.05) is 5.32 Å². The standard InChI is InChI=1S/C18H13ClFN3O4/c19-12-3-1-11(2-4-12)16-10-21-18(27-16)8-7-17(24)22-15-9-13(23(25)26)5-6-14(15)20/h1-6,9-10H,7-8H2,(H,22,24). The number of hydrogen-bond donors (Lipinski definition) is 1. The highest BCUT2D eigenvalue weighted by molar-refractivity contribution is 6.30. The van der Waals surface area contributed by atoms with Gasteiger partial charge in [0.25, 0.3) is 5.69 Å². The number of benzene rings is 2. The van der Waals surface area contributed by atoms with Gasteiger partial charge in [-0.1, -0.05) is 11.6 Å². The van der Waals surface area contributed by atoms with Gasteiger partial charge in [-0.25, -0.2) is 9.37 Å². The van der Waals surface area contributed by atoms with Crippen LogP contribution in [0.1, 0.15) is 12.3 Å². The molecule has 0 aliphatic rings. The van der Waals surface area contributed by atoms with E-state index in [4.69, 9.17) is 16.0 Å². The average molecular weight is 390 g/mol. The molecule has 1 amide bonds. The van der Waals surface area contributed by atoms with Crippen LogP contribution in [0.15, 0.2) is 53.1 Å². The van der Waals surface area contributed by atoms with E-state index in [9.17, 15) is 19.3 Å². The lowest BCUT2D eigenvalue weighted by Gasteiger charge is -2.05. The second kappa shape index (κ2) is 7.96. The van der Waals surface area contributed by atoms with Gasteiger partial charge in [-0.2, -0.15) is 0 Å². The Hall–Kier alpha value is -3.26. The van der Waals surface area contributed by atoms with E-state index in [1.807, 2.05) is 0 Å². The minimum Gasteiger partial charge on any atom is -0.441 e. The number of anilines is 1. The number of carbonyl (C=O) groups is 1. The smallest absolute Gasteiger partial charge is 0.271 e. The van der Waals surface area contributed by atoms with Crippen LogP contribution in [0.5, 0.6) is 0 Å². The normalized spacial score (nSPS) is 10.6. The Morgan fingerprint density at radius 3 is 2.70 bits per heavy atom. The SMILES string of the molecule is O=C(CCc1ncc(-c2ccc(Cl)cc2)o1)Nc1cc([N+](=O)[O-])ccc1F. The van der Waals surface area contributed by atoms with Crippen molar-refractivity contribution in [2.24, 2.45) is 0 Å². The first-order valence-electron chi connectivity index (χ1n) is 7.87. The van der Waals surface area contributed by atoms with Crippen LogP contribution in [0.25, 0.3) is 11.3 Å². The number of non-ortho nitro benzene ring substituents is 1. The second-order valence-corrected chi connectivity index (χ2v) is 6.03. The second-order valence-electron chi connectivity index (χ2n) is 5.59. The molecular weight excluding hydrogens is 377 g/mol. The van der Waals surface area contributed by atoms with Crippen molar-refractivity contribution in [3.05, 3.63) is 75.5 Å². The highest BCUT2D eigenvalue weighted by Crippen LogP contribution is 2.24. The molecule has 0 bridgehead atoms. The molecule has 0 spiro atoms. The van der Waals surface area contributed by atoms with Gasteiger partial charge in [0.05, 0.1) is 16.8 Å². The van der Waals surface area contributed by atoms with E-state index >= 15 is 0 Å². The summed E-state index contributed by atoms with van der Waals surface area (Å²) in [4.78, 5) is 26.2. The molecule has 138 valence electrons. The Balaban J connectivity index is 1.61. The Labute approximate surface area is 157 Å². The maximum atomic E-state index is 13.7. The van der Waals surface area contributed by atoms with E-state index in [1.54, 1.807) is 24.3 Å². The minimum absolute atomic E-state index is 0.0251. The first-order chi connectivity index (χ1) is 12.9. The third-order valence-electron chi connectivity index (χ3n) is 3.68. The fourth-order valence-corrected chi connectivity index (χ4v) is 2.46. The number of rotatable bonds is 6. The van der Waals surface area contributed by atoms with Crippen molar-refractivity contribution in [2.45, 2.75) is 12.8 Å². The minimum atomic E-state index is -0.755. The molecule has 7 nitrogen and oxygen atoms in total. The zero-order valence-electron chi connectivity index (χ0n) is 13.8. The topological polar surface area (TPSA) is 98.3 Å². The summed E-state index contributed by atoms with van der Waals surface area (Å²) in [6, 6.07) is 9.93. The summed E-state index contributed by atoms with van der Waals surface area (Å²) in [5, 5.41) is 13.7. The molecule has 3 aromatic rings. The largest absolute Gasteiger partial charge is 0.441 e. The molecule has 1 N–H and O–H groups in total. The molecule has 0 saturated heterocycles. The number of halogens is 2. The molecule has 3 rings (SSSR count). The molecule has 27 heavy (non-hydrogen) atoms. The maximum Gasteiger partial charge on any atom is 0.271 e. The van der Waals surface area contributed by atoms with Crippen LogP contribution >= 0.6 is 11.6 Å². The lowest BCUT2D eigenvalue weighted by atomic mass is 10.2. The lowest BCUT2D eigenvalue weighted by molar-refractivity contribution is -0.384. The van der Waals surface area contributed by atoms with Crippen molar-refractivity contribution in [1.82, 2.24) is 4.98 Å². The van der Waals surface area contributed by atoms with Crippen LogP contribution in [0.3, 0.4) is 0 Å². The molecule has 2 aromatic carbocycles. The molecule has 0 aliphatic heterocycles. The third kappa shape index (κ3) is 4.68. The van der Waals surface area contributed by atoms with E-state index < -0.39 is 16.6 Å². The summed E-state index contributed by atoms with van der Waals surface area (Å²) in [5.74, 6) is -0.392. The van der Waals surface area contributed by atoms with Gasteiger partial charge in [-0.3, -0.25) is 14.9 Å². The van der Waals surface area contributed by atoms with E-state index in [2.05, 4.69) is 10.3 Å². The summed E-state index contributed by atoms with van der Waals surface area (Å²) in [5.41, 5.74) is 0.233. The van der Waals surface area contributed by atoms with Crippen molar-refractivity contribution in [3.8, 4) is 11.3 Å². The molecule has 0 radical (unpaired) electrons. The van der Waals surface area contributed by atoms with E-state index in [0.29, 0.717) is 16.7 Å². The fraction of sp³-hybridized carbons (Fsp3) is 0.111. The van der Waals surface area contributed by atoms with Crippen LogP contribution in [0.2, 0.25) is 5.02 Å². The maximum absolute atomic E-state index is 13.7. The average Bonchev–Trinajstić information content (AvgIpc) is 3.11. The van der Waals surface area contributed by atoms with Gasteiger partial charge in [-0.15, -0.1) is 0 Å². The highest BCUT2D eigenvalue weighted by Gasteiger charge is 2.14. The van der Waals surface area contributed by atoms with Crippen molar-refractivity contribution >= 4 is 28.9 Å². The van der Waals surface area contributed by atoms with Gasteiger partial charge < -0.3 is 9.73 Å². The molecule has 1 aromatic heterocycles. The van der Waals surface area contributed by atoms with Crippen molar-refractivity contribution in [1.29, 1.82) is 0 Å². The fourth-order valence-electron chi connectivity index (χ4n) is 2.33. The van der Waals surface area contributed by atoms with Crippen LogP contribution in [-0.2, 0) is 11.2 Å². The van der Waals surface area contributed by atoms with Gasteiger partial charge in [-0.05, 0) is 30.3 Å². The number of hydrogen-bond acceptors (Lipinski definition) is 5. The lowest BCUT2D eigenvalue weighted by Crippen LogP contribution is -2.13. The number of amides is 1. The molecule has 0 atom stereocenters. The first-order valence-corrected chi connectivity index (χ1v) is 8.24. The van der Waals surface area contributed by atoms with Gasteiger partial charge in [0, 0.05) is 35.6 Å². The summed E-state index contributed by atoms with van der Waals surface area (Å²) < 4.78 is 19.3. The molecular formula is C18H13ClFN3O4. The first kappa shape index (κ1) is 18.5. The molecule has 1 heterocycles. The predicted octanol–water partition coefficient (Wildman–Crippen LogP) is 4.61. The van der Waals surface area contributed by atoms with Gasteiger partial charge in [0.15, 0.2) is 11.7 Å². The summed E-state index contributed by atoms with van der Waals surface area (Å²) >= 11 is 5.84. The number of nitrogens with one attached hydrogen (secondary N) is 1. The van der Waals surface area contributed by atoms with Gasteiger partial charge in [0.2, 0.25) is 5.91 Å². The number of oxazole rings is 1. The number of nitrogens with zero attached hydrogens (tertiary/aromatic N) is 2. The van der Waals surface area contributed by atoms with Crippen LogP contribution in [-0.4, -0.2) is 15.8 Å². The van der Waals surface area contributed by atoms with E-state index in [-0.39, 0.29) is 24.2 Å². The Morgan fingerprint density at radius 1 is 1.26 bits per heavy atom. The molecule has 0 unspecified atom stereocenters. The highest BCUT2D eigenvalue weighted by atomic mass is 35.5. The number of aromatic nitrogens is 1. The summed E-state index contributed by atoms with van der Waals surface area (Å²) in [6.07, 6.45) is 1.70. The van der Waals surface area contributed by atoms with E-state index in [1.165, 1.54) is 6.20 Å². The zero-order chi connectivity index (χ0) is 19.4.